The van der Waals surface area contributed by atoms with Gasteiger partial charge in [0.15, 0.2) is 5.69 Å². The molecular weight excluding hydrogens is 466 g/mol. The van der Waals surface area contributed by atoms with Gasteiger partial charge in [0.1, 0.15) is 23.0 Å². The van der Waals surface area contributed by atoms with Crippen LogP contribution in [0.2, 0.25) is 0 Å². The summed E-state index contributed by atoms with van der Waals surface area (Å²) in [5.74, 6) is -0.627. The van der Waals surface area contributed by atoms with Crippen LogP contribution in [0.1, 0.15) is 40.8 Å². The number of thiazole rings is 1. The number of rotatable bonds is 4. The van der Waals surface area contributed by atoms with Gasteiger partial charge in [-0.25, -0.2) is 9.37 Å². The van der Waals surface area contributed by atoms with Crippen molar-refractivity contribution in [2.24, 2.45) is 19.8 Å². The van der Waals surface area contributed by atoms with E-state index in [1.165, 1.54) is 23.3 Å². The minimum atomic E-state index is -4.63. The Bertz CT molecular complexity index is 1140. The number of nitrogens with one attached hydrogen (secondary N) is 1. The molecule has 3 atom stereocenters. The standard InChI is InChI=1S/C19H21F4N7O2S/c1-29-15(14-4-3-11(24)10(20)7-32-14)12(6-26-29)27-17(31)13-8-33-18(28-13)9-5-25-30(2)16(9)19(21,22)23/h5-6,8,10-11,14H,3-4,7,24H2,1-2H3,(H,27,31)/t10-,11+,14-/m0/s1. The Hall–Kier alpha value is -2.84. The molecule has 1 aliphatic rings. The minimum absolute atomic E-state index is 0.0158. The van der Waals surface area contributed by atoms with Gasteiger partial charge in [-0.05, 0) is 12.8 Å². The van der Waals surface area contributed by atoms with E-state index in [4.69, 9.17) is 10.5 Å². The number of aromatic nitrogens is 5. The quantitative estimate of drug-likeness (QED) is 0.547. The van der Waals surface area contributed by atoms with Crippen molar-refractivity contribution in [3.8, 4) is 10.6 Å². The second-order valence-corrected chi connectivity index (χ2v) is 8.52. The average Bonchev–Trinajstić information content (AvgIpc) is 3.44. The lowest BCUT2D eigenvalue weighted by molar-refractivity contribution is -0.143. The maximum atomic E-state index is 13.9. The van der Waals surface area contributed by atoms with E-state index in [1.807, 2.05) is 0 Å². The van der Waals surface area contributed by atoms with E-state index in [-0.39, 0.29) is 22.9 Å². The van der Waals surface area contributed by atoms with E-state index in [1.54, 1.807) is 7.05 Å². The molecule has 3 aromatic rings. The Kier molecular flexibility index (Phi) is 6.24. The first-order chi connectivity index (χ1) is 15.6. The lowest BCUT2D eigenvalue weighted by Crippen LogP contribution is -2.32. The fourth-order valence-electron chi connectivity index (χ4n) is 3.70. The third-order valence-electron chi connectivity index (χ3n) is 5.40. The fourth-order valence-corrected chi connectivity index (χ4v) is 4.51. The number of nitrogens with zero attached hydrogens (tertiary/aromatic N) is 5. The van der Waals surface area contributed by atoms with Crippen molar-refractivity contribution in [1.82, 2.24) is 24.5 Å². The number of nitrogens with two attached hydrogens (primary N) is 1. The van der Waals surface area contributed by atoms with Crippen LogP contribution in [0, 0.1) is 0 Å². The highest BCUT2D eigenvalue weighted by atomic mass is 32.1. The van der Waals surface area contributed by atoms with Crippen molar-refractivity contribution in [3.05, 3.63) is 34.9 Å². The Morgan fingerprint density at radius 3 is 2.70 bits per heavy atom. The van der Waals surface area contributed by atoms with Crippen LogP contribution < -0.4 is 11.1 Å². The van der Waals surface area contributed by atoms with Crippen LogP contribution in [0.4, 0.5) is 23.2 Å². The third-order valence-corrected chi connectivity index (χ3v) is 6.27. The van der Waals surface area contributed by atoms with Gasteiger partial charge >= 0.3 is 6.18 Å². The number of ether oxygens (including phenoxy) is 1. The highest BCUT2D eigenvalue weighted by molar-refractivity contribution is 7.13. The molecule has 1 fully saturated rings. The van der Waals surface area contributed by atoms with E-state index in [9.17, 15) is 22.4 Å². The molecule has 0 radical (unpaired) electrons. The molecule has 0 spiro atoms. The van der Waals surface area contributed by atoms with Crippen molar-refractivity contribution >= 4 is 22.9 Å². The number of halogens is 4. The smallest absolute Gasteiger partial charge is 0.369 e. The minimum Gasteiger partial charge on any atom is -0.369 e. The van der Waals surface area contributed by atoms with E-state index >= 15 is 0 Å². The Balaban J connectivity index is 1.55. The molecule has 9 nitrogen and oxygen atoms in total. The molecule has 1 saturated heterocycles. The molecule has 4 heterocycles. The molecule has 14 heteroatoms. The average molecular weight is 487 g/mol. The molecule has 0 saturated carbocycles. The predicted molar refractivity (Wildman–Crippen MR) is 111 cm³/mol. The highest BCUT2D eigenvalue weighted by Gasteiger charge is 2.38. The summed E-state index contributed by atoms with van der Waals surface area (Å²) in [4.78, 5) is 16.9. The first-order valence-electron chi connectivity index (χ1n) is 9.95. The van der Waals surface area contributed by atoms with E-state index in [0.29, 0.717) is 24.2 Å². The van der Waals surface area contributed by atoms with Crippen molar-refractivity contribution in [2.45, 2.75) is 37.3 Å². The Morgan fingerprint density at radius 1 is 1.24 bits per heavy atom. The van der Waals surface area contributed by atoms with E-state index in [2.05, 4.69) is 20.5 Å². The molecule has 0 aliphatic carbocycles. The van der Waals surface area contributed by atoms with Crippen LogP contribution in [0.5, 0.6) is 0 Å². The van der Waals surface area contributed by atoms with E-state index < -0.39 is 36.1 Å². The fraction of sp³-hybridized carbons (Fsp3) is 0.474. The molecule has 33 heavy (non-hydrogen) atoms. The second-order valence-electron chi connectivity index (χ2n) is 7.67. The number of carbonyl (C=O) groups is 1. The SMILES string of the molecule is Cn1ncc(NC(=O)c2csc(-c3cnn(C)c3C(F)(F)F)n2)c1[C@@H]1CC[C@@H](N)[C@@H](F)CO1. The van der Waals surface area contributed by atoms with Crippen LogP contribution >= 0.6 is 11.3 Å². The first kappa shape index (κ1) is 23.3. The van der Waals surface area contributed by atoms with Crippen molar-refractivity contribution < 1.29 is 27.1 Å². The second kappa shape index (κ2) is 8.83. The number of anilines is 1. The van der Waals surface area contributed by atoms with Gasteiger partial charge in [-0.3, -0.25) is 14.2 Å². The van der Waals surface area contributed by atoms with Gasteiger partial charge in [-0.15, -0.1) is 11.3 Å². The molecular formula is C19H21F4N7O2S. The molecule has 178 valence electrons. The van der Waals surface area contributed by atoms with Crippen LogP contribution in [0.15, 0.2) is 17.8 Å². The molecule has 3 aromatic heterocycles. The normalized spacial score (nSPS) is 21.7. The number of aryl methyl sites for hydroxylation is 2. The summed E-state index contributed by atoms with van der Waals surface area (Å²) in [7, 11) is 2.85. The van der Waals surface area contributed by atoms with Gasteiger partial charge in [-0.2, -0.15) is 23.4 Å². The monoisotopic (exact) mass is 487 g/mol. The topological polar surface area (TPSA) is 113 Å². The summed E-state index contributed by atoms with van der Waals surface area (Å²) in [6.45, 7) is -0.174. The van der Waals surface area contributed by atoms with Crippen LogP contribution in [0.25, 0.3) is 10.6 Å². The lowest BCUT2D eigenvalue weighted by atomic mass is 10.0. The molecule has 4 rings (SSSR count). The number of hydrogen-bond acceptors (Lipinski definition) is 7. The molecule has 0 unspecified atom stereocenters. The van der Waals surface area contributed by atoms with Crippen LogP contribution in [-0.2, 0) is 25.0 Å². The predicted octanol–water partition coefficient (Wildman–Crippen LogP) is 3.07. The highest BCUT2D eigenvalue weighted by Crippen LogP contribution is 2.38. The maximum Gasteiger partial charge on any atom is 0.433 e. The molecule has 3 N–H and O–H groups in total. The largest absolute Gasteiger partial charge is 0.433 e. The van der Waals surface area contributed by atoms with Crippen molar-refractivity contribution in [1.29, 1.82) is 0 Å². The number of amides is 1. The number of hydrogen-bond donors (Lipinski definition) is 2. The number of carbonyl (C=O) groups excluding carboxylic acids is 1. The molecule has 0 bridgehead atoms. The molecule has 1 amide bonds. The summed E-state index contributed by atoms with van der Waals surface area (Å²) in [6, 6.07) is -0.635. The Morgan fingerprint density at radius 2 is 1.97 bits per heavy atom. The summed E-state index contributed by atoms with van der Waals surface area (Å²) in [5, 5.41) is 11.9. The van der Waals surface area contributed by atoms with Crippen molar-refractivity contribution in [3.63, 3.8) is 0 Å². The first-order valence-corrected chi connectivity index (χ1v) is 10.8. The number of alkyl halides is 4. The van der Waals surface area contributed by atoms with Gasteiger partial charge in [0.25, 0.3) is 5.91 Å². The molecule has 0 aromatic carbocycles. The van der Waals surface area contributed by atoms with Gasteiger partial charge in [0.2, 0.25) is 0 Å². The lowest BCUT2D eigenvalue weighted by Gasteiger charge is -2.17. The third kappa shape index (κ3) is 4.63. The zero-order chi connectivity index (χ0) is 23.9. The van der Waals surface area contributed by atoms with E-state index in [0.717, 1.165) is 22.2 Å². The summed E-state index contributed by atoms with van der Waals surface area (Å²) in [6.07, 6.45) is -3.13. The van der Waals surface area contributed by atoms with Gasteiger partial charge < -0.3 is 15.8 Å². The van der Waals surface area contributed by atoms with Crippen LogP contribution in [-0.4, -0.2) is 49.3 Å². The van der Waals surface area contributed by atoms with Gasteiger partial charge in [-0.1, -0.05) is 0 Å². The summed E-state index contributed by atoms with van der Waals surface area (Å²) in [5.41, 5.74) is 5.44. The van der Waals surface area contributed by atoms with Crippen molar-refractivity contribution in [2.75, 3.05) is 11.9 Å². The van der Waals surface area contributed by atoms with Gasteiger partial charge in [0.05, 0.1) is 35.9 Å². The zero-order valence-corrected chi connectivity index (χ0v) is 18.5. The summed E-state index contributed by atoms with van der Waals surface area (Å²) < 4.78 is 61.9. The van der Waals surface area contributed by atoms with Gasteiger partial charge in [0, 0.05) is 25.5 Å². The molecule has 1 aliphatic heterocycles. The summed E-state index contributed by atoms with van der Waals surface area (Å²) >= 11 is 0.899. The zero-order valence-electron chi connectivity index (χ0n) is 17.6. The maximum absolute atomic E-state index is 13.9. The van der Waals surface area contributed by atoms with Crippen LogP contribution in [0.3, 0.4) is 0 Å². The Labute approximate surface area is 189 Å².